The number of carbonyl (C=O) groups excluding carboxylic acids is 1. The molecule has 0 saturated carbocycles. The Morgan fingerprint density at radius 3 is 2.57 bits per heavy atom. The van der Waals surface area contributed by atoms with Crippen LogP contribution in [0.1, 0.15) is 5.76 Å². The van der Waals surface area contributed by atoms with E-state index in [0.717, 1.165) is 11.5 Å². The van der Waals surface area contributed by atoms with Crippen LogP contribution < -0.4 is 20.1 Å². The number of ether oxygens (including phenoxy) is 2. The highest BCUT2D eigenvalue weighted by molar-refractivity contribution is 5.73. The van der Waals surface area contributed by atoms with Crippen LogP contribution in [0.4, 0.5) is 4.79 Å². The summed E-state index contributed by atoms with van der Waals surface area (Å²) in [5, 5.41) is 5.38. The fourth-order valence-electron chi connectivity index (χ4n) is 1.65. The average molecular weight is 290 g/mol. The zero-order valence-electron chi connectivity index (χ0n) is 11.8. The monoisotopic (exact) mass is 290 g/mol. The van der Waals surface area contributed by atoms with Crippen molar-refractivity contribution < 1.29 is 18.7 Å². The standard InChI is InChI=1S/C15H18N2O4/c1-19-12-4-6-13(7-5-12)21-10-8-16-15(18)17-11-14-3-2-9-20-14/h2-7,9H,8,10-11H2,1H3,(H2,16,17,18). The van der Waals surface area contributed by atoms with Gasteiger partial charge in [-0.25, -0.2) is 4.79 Å². The van der Waals surface area contributed by atoms with Crippen LogP contribution in [0.2, 0.25) is 0 Å². The molecule has 1 aromatic carbocycles. The molecule has 0 aliphatic heterocycles. The first kappa shape index (κ1) is 14.8. The van der Waals surface area contributed by atoms with Gasteiger partial charge in [0.15, 0.2) is 0 Å². The number of furan rings is 1. The van der Waals surface area contributed by atoms with Gasteiger partial charge in [0.1, 0.15) is 23.9 Å². The molecule has 112 valence electrons. The summed E-state index contributed by atoms with van der Waals surface area (Å²) in [4.78, 5) is 11.5. The molecule has 2 rings (SSSR count). The molecule has 0 unspecified atom stereocenters. The number of urea groups is 1. The number of amides is 2. The Morgan fingerprint density at radius 1 is 1.14 bits per heavy atom. The van der Waals surface area contributed by atoms with Crippen LogP contribution in [0.15, 0.2) is 47.1 Å². The van der Waals surface area contributed by atoms with Gasteiger partial charge >= 0.3 is 6.03 Å². The number of carbonyl (C=O) groups is 1. The molecule has 0 saturated heterocycles. The van der Waals surface area contributed by atoms with Gasteiger partial charge in [-0.2, -0.15) is 0 Å². The van der Waals surface area contributed by atoms with E-state index in [2.05, 4.69) is 10.6 Å². The minimum absolute atomic E-state index is 0.260. The third-order valence-corrected chi connectivity index (χ3v) is 2.72. The first-order valence-electron chi connectivity index (χ1n) is 6.59. The van der Waals surface area contributed by atoms with Gasteiger partial charge in [-0.05, 0) is 36.4 Å². The molecule has 1 heterocycles. The second kappa shape index (κ2) is 7.84. The van der Waals surface area contributed by atoms with Crippen molar-refractivity contribution in [2.45, 2.75) is 6.54 Å². The third-order valence-electron chi connectivity index (χ3n) is 2.72. The number of hydrogen-bond donors (Lipinski definition) is 2. The van der Waals surface area contributed by atoms with E-state index in [9.17, 15) is 4.79 Å². The zero-order chi connectivity index (χ0) is 14.9. The Balaban J connectivity index is 1.59. The average Bonchev–Trinajstić information content (AvgIpc) is 3.03. The molecule has 2 amide bonds. The Kier molecular flexibility index (Phi) is 5.51. The first-order chi connectivity index (χ1) is 10.3. The van der Waals surface area contributed by atoms with E-state index >= 15 is 0 Å². The fourth-order valence-corrected chi connectivity index (χ4v) is 1.65. The summed E-state index contributed by atoms with van der Waals surface area (Å²) < 4.78 is 15.7. The summed E-state index contributed by atoms with van der Waals surface area (Å²) in [6.07, 6.45) is 1.57. The van der Waals surface area contributed by atoms with Crippen LogP contribution in [-0.2, 0) is 6.54 Å². The lowest BCUT2D eigenvalue weighted by Crippen LogP contribution is -2.37. The normalized spacial score (nSPS) is 9.95. The van der Waals surface area contributed by atoms with Crippen LogP contribution in [0, 0.1) is 0 Å². The van der Waals surface area contributed by atoms with Crippen LogP contribution in [-0.4, -0.2) is 26.3 Å². The summed E-state index contributed by atoms with van der Waals surface area (Å²) in [5.74, 6) is 2.21. The van der Waals surface area contributed by atoms with Crippen LogP contribution >= 0.6 is 0 Å². The van der Waals surface area contributed by atoms with Crippen molar-refractivity contribution in [2.75, 3.05) is 20.3 Å². The van der Waals surface area contributed by atoms with Crippen molar-refractivity contribution >= 4 is 6.03 Å². The largest absolute Gasteiger partial charge is 0.497 e. The Hall–Kier alpha value is -2.63. The summed E-state index contributed by atoms with van der Waals surface area (Å²) in [5.41, 5.74) is 0. The van der Waals surface area contributed by atoms with E-state index in [1.807, 2.05) is 24.3 Å². The Labute approximate surface area is 123 Å². The summed E-state index contributed by atoms with van der Waals surface area (Å²) in [6.45, 7) is 1.16. The number of rotatable bonds is 7. The van der Waals surface area contributed by atoms with Gasteiger partial charge < -0.3 is 24.5 Å². The highest BCUT2D eigenvalue weighted by Gasteiger charge is 2.01. The van der Waals surface area contributed by atoms with Crippen LogP contribution in [0.25, 0.3) is 0 Å². The van der Waals surface area contributed by atoms with E-state index < -0.39 is 0 Å². The maximum atomic E-state index is 11.5. The predicted molar refractivity (Wildman–Crippen MR) is 77.4 cm³/mol. The Bertz CT molecular complexity index is 537. The van der Waals surface area contributed by atoms with Gasteiger partial charge in [-0.15, -0.1) is 0 Å². The lowest BCUT2D eigenvalue weighted by atomic mass is 10.3. The zero-order valence-corrected chi connectivity index (χ0v) is 11.8. The van der Waals surface area contributed by atoms with E-state index in [-0.39, 0.29) is 6.03 Å². The van der Waals surface area contributed by atoms with Crippen LogP contribution in [0.3, 0.4) is 0 Å². The molecule has 2 aromatic rings. The second-order valence-electron chi connectivity index (χ2n) is 4.21. The maximum Gasteiger partial charge on any atom is 0.315 e. The maximum absolute atomic E-state index is 11.5. The van der Waals surface area contributed by atoms with E-state index in [4.69, 9.17) is 13.9 Å². The quantitative estimate of drug-likeness (QED) is 0.766. The molecule has 0 fully saturated rings. The highest BCUT2D eigenvalue weighted by atomic mass is 16.5. The van der Waals surface area contributed by atoms with Gasteiger partial charge in [0.25, 0.3) is 0 Å². The lowest BCUT2D eigenvalue weighted by molar-refractivity contribution is 0.235. The van der Waals surface area contributed by atoms with Crippen molar-refractivity contribution in [3.8, 4) is 11.5 Å². The van der Waals surface area contributed by atoms with Crippen molar-refractivity contribution in [3.05, 3.63) is 48.4 Å². The molecule has 0 bridgehead atoms. The molecule has 0 spiro atoms. The molecule has 21 heavy (non-hydrogen) atoms. The SMILES string of the molecule is COc1ccc(OCCNC(=O)NCc2ccco2)cc1. The molecule has 6 nitrogen and oxygen atoms in total. The van der Waals surface area contributed by atoms with Gasteiger partial charge in [-0.3, -0.25) is 0 Å². The Morgan fingerprint density at radius 2 is 1.90 bits per heavy atom. The lowest BCUT2D eigenvalue weighted by Gasteiger charge is -2.09. The number of hydrogen-bond acceptors (Lipinski definition) is 4. The molecule has 2 N–H and O–H groups in total. The van der Waals surface area contributed by atoms with E-state index in [1.165, 1.54) is 0 Å². The van der Waals surface area contributed by atoms with E-state index in [1.54, 1.807) is 25.5 Å². The highest BCUT2D eigenvalue weighted by Crippen LogP contribution is 2.16. The summed E-state index contributed by atoms with van der Waals surface area (Å²) >= 11 is 0. The molecule has 0 aliphatic rings. The number of benzene rings is 1. The van der Waals surface area contributed by atoms with Gasteiger partial charge in [0.05, 0.1) is 26.5 Å². The topological polar surface area (TPSA) is 72.7 Å². The molecule has 1 aromatic heterocycles. The number of nitrogens with one attached hydrogen (secondary N) is 2. The second-order valence-corrected chi connectivity index (χ2v) is 4.21. The van der Waals surface area contributed by atoms with Gasteiger partial charge in [0.2, 0.25) is 0 Å². The van der Waals surface area contributed by atoms with Crippen molar-refractivity contribution in [1.82, 2.24) is 10.6 Å². The molecule has 0 atom stereocenters. The van der Waals surface area contributed by atoms with E-state index in [0.29, 0.717) is 25.5 Å². The third kappa shape index (κ3) is 5.10. The van der Waals surface area contributed by atoms with Crippen molar-refractivity contribution in [3.63, 3.8) is 0 Å². The van der Waals surface area contributed by atoms with Gasteiger partial charge in [0, 0.05) is 0 Å². The van der Waals surface area contributed by atoms with Crippen molar-refractivity contribution in [1.29, 1.82) is 0 Å². The predicted octanol–water partition coefficient (Wildman–Crippen LogP) is 2.17. The number of methoxy groups -OCH3 is 1. The molecular formula is C15H18N2O4. The smallest absolute Gasteiger partial charge is 0.315 e. The minimum atomic E-state index is -0.260. The van der Waals surface area contributed by atoms with Crippen LogP contribution in [0.5, 0.6) is 11.5 Å². The summed E-state index contributed by atoms with van der Waals surface area (Å²) in [7, 11) is 1.61. The van der Waals surface area contributed by atoms with Crippen molar-refractivity contribution in [2.24, 2.45) is 0 Å². The summed E-state index contributed by atoms with van der Waals surface area (Å²) in [6, 6.07) is 10.6. The molecule has 6 heteroatoms. The minimum Gasteiger partial charge on any atom is -0.497 e. The fraction of sp³-hybridized carbons (Fsp3) is 0.267. The molecule has 0 radical (unpaired) electrons. The van der Waals surface area contributed by atoms with Gasteiger partial charge in [-0.1, -0.05) is 0 Å². The first-order valence-corrected chi connectivity index (χ1v) is 6.59. The molecule has 0 aliphatic carbocycles. The molecular weight excluding hydrogens is 272 g/mol.